The number of rotatable bonds is 29. The maximum absolute atomic E-state index is 10.7. The first-order chi connectivity index (χ1) is 57.5. The standard InChI is InChI=1S/C22H34N4OS.C18H26N4OS.C18H25N3OS.C17H24N4OS.4F6P/c1-16(15-22(2,3)4)9-12-27-19-13-18-20(14-17(19)25-23)28-21(24-18)26-10-7-5-6-8-11-26;1-2-3-4-8-11-23-16-12-15-17(13-14(16)21-19)24-18(20-15)22-9-6-5-7-10-22;1-2-3-4-7-10-22-16-11-15-17(12-14(16)21-19)23-18(20-15)13-8-5-6-9-13;1-3-12(4-2)22-15-10-14-16(11-13(15)20-18)23-17(19-14)21-8-6-5-7-9-21;4*1-7(2,3,4,5)6/h13-14,16,23H,5-12,15H2,1-4H3;12-13,19H,2-11H2,1H3;11-13,19H,2-10H2,1H3;10-12,18H,3-9H2,1-2H3;;;;/q;;;;4*-1/p+4. The maximum atomic E-state index is 9.87. The fourth-order valence-corrected chi connectivity index (χ4v) is 17.6. The van der Waals surface area contributed by atoms with Crippen LogP contribution in [0, 0.1) is 11.3 Å². The second-order valence-corrected chi connectivity index (χ2v) is 43.7. The molecule has 1 atom stereocenters. The molecule has 3 aliphatic heterocycles. The zero-order valence-electron chi connectivity index (χ0n) is 71.0. The van der Waals surface area contributed by atoms with Crippen LogP contribution in [0.25, 0.3) is 40.9 Å². The zero-order chi connectivity index (χ0) is 94.9. The van der Waals surface area contributed by atoms with Gasteiger partial charge in [-0.25, -0.2) is 19.9 Å². The van der Waals surface area contributed by atoms with Gasteiger partial charge in [-0.1, -0.05) is 154 Å². The number of thiazole rings is 4. The number of fused-ring (bicyclic) bond motifs is 4. The van der Waals surface area contributed by atoms with Gasteiger partial charge in [-0.3, -0.25) is 0 Å². The molecule has 0 amide bonds. The Morgan fingerprint density at radius 2 is 0.659 bits per heavy atom. The minimum atomic E-state index is -10.7. The third kappa shape index (κ3) is 50.0. The Kier molecular flexibility index (Phi) is 37.0. The second-order valence-electron chi connectivity index (χ2n) is 31.9. The van der Waals surface area contributed by atoms with Crippen LogP contribution in [0.5, 0.6) is 23.0 Å². The summed E-state index contributed by atoms with van der Waals surface area (Å²) in [6.07, 6.45) is 31.9. The number of ether oxygens (including phenoxy) is 4. The third-order valence-corrected chi connectivity index (χ3v) is 23.2. The summed E-state index contributed by atoms with van der Waals surface area (Å²) in [5.74, 6) is 4.26. The van der Waals surface area contributed by atoms with Crippen LogP contribution in [0.15, 0.2) is 69.0 Å². The van der Waals surface area contributed by atoms with E-state index in [9.17, 15) is 101 Å². The summed E-state index contributed by atoms with van der Waals surface area (Å²) in [4.78, 5) is 26.6. The second kappa shape index (κ2) is 42.4. The molecule has 8 N–H and O–H groups in total. The first-order valence-electron chi connectivity index (χ1n) is 41.0. The van der Waals surface area contributed by atoms with Gasteiger partial charge in [0.2, 0.25) is 0 Å². The molecule has 0 bridgehead atoms. The number of unbranched alkanes of at least 4 members (excludes halogenated alkanes) is 6. The molecule has 3 saturated heterocycles. The van der Waals surface area contributed by atoms with Crippen LogP contribution in [0.2, 0.25) is 0 Å². The molecule has 4 aromatic heterocycles. The molecule has 12 rings (SSSR count). The summed E-state index contributed by atoms with van der Waals surface area (Å²) < 4.78 is 265. The summed E-state index contributed by atoms with van der Waals surface area (Å²) in [6.45, 7) is 26.5. The van der Waals surface area contributed by atoms with Crippen molar-refractivity contribution < 1.29 is 142 Å². The van der Waals surface area contributed by atoms with Crippen molar-refractivity contribution in [2.75, 3.05) is 73.8 Å². The number of hydrogen-bond acceptors (Lipinski definition) is 19. The van der Waals surface area contributed by atoms with E-state index in [4.69, 9.17) is 61.0 Å². The summed E-state index contributed by atoms with van der Waals surface area (Å²) in [7, 11) is -42.6. The van der Waals surface area contributed by atoms with Crippen molar-refractivity contribution in [3.63, 3.8) is 0 Å². The topological polar surface area (TPSA) is 250 Å². The van der Waals surface area contributed by atoms with Crippen molar-refractivity contribution in [3.05, 3.63) is 53.5 Å². The first-order valence-corrected chi connectivity index (χ1v) is 52.4. The predicted octanol–water partition coefficient (Wildman–Crippen LogP) is 31.4. The van der Waals surface area contributed by atoms with Gasteiger partial charge in [0.15, 0.2) is 61.1 Å². The molecule has 1 unspecified atom stereocenters. The fraction of sp³-hybridized carbons (Fsp3) is 0.627. The van der Waals surface area contributed by atoms with Gasteiger partial charge in [-0.05, 0) is 159 Å². The number of benzene rings is 4. The molecule has 19 nitrogen and oxygen atoms in total. The summed E-state index contributed by atoms with van der Waals surface area (Å²) in [5.41, 5.74) is 29.5. The molecule has 8 aromatic rings. The van der Waals surface area contributed by atoms with E-state index >= 15 is 0 Å². The van der Waals surface area contributed by atoms with Gasteiger partial charge in [0.05, 0.1) is 71.8 Å². The van der Waals surface area contributed by atoms with Gasteiger partial charge in [0.1, 0.15) is 0 Å². The molecule has 4 aromatic carbocycles. The minimum absolute atomic E-state index is 0.188. The molecule has 0 spiro atoms. The van der Waals surface area contributed by atoms with Crippen LogP contribution in [-0.4, -0.2) is 85.1 Å². The number of anilines is 3. The van der Waals surface area contributed by atoms with Crippen LogP contribution in [0.1, 0.15) is 233 Å². The van der Waals surface area contributed by atoms with E-state index in [1.54, 1.807) is 45.3 Å². The van der Waals surface area contributed by atoms with Crippen molar-refractivity contribution in [2.45, 2.75) is 234 Å². The number of aromatic nitrogens is 4. The Hall–Kier alpha value is -6.52. The van der Waals surface area contributed by atoms with Gasteiger partial charge in [0, 0.05) is 69.5 Å². The number of piperidine rings is 2. The zero-order valence-corrected chi connectivity index (χ0v) is 77.8. The van der Waals surface area contributed by atoms with E-state index in [0.29, 0.717) is 54.1 Å². The Morgan fingerprint density at radius 1 is 0.381 bits per heavy atom. The van der Waals surface area contributed by atoms with Crippen LogP contribution >= 0.6 is 76.6 Å². The molecule has 7 heterocycles. The summed E-state index contributed by atoms with van der Waals surface area (Å²) >= 11 is 6.95. The predicted molar refractivity (Wildman–Crippen MR) is 460 cm³/mol. The summed E-state index contributed by atoms with van der Waals surface area (Å²) in [5, 5.41) is 20.2. The van der Waals surface area contributed by atoms with E-state index in [1.807, 2.05) is 48.5 Å². The van der Waals surface area contributed by atoms with Gasteiger partial charge in [0.25, 0.3) is 0 Å². The Morgan fingerprint density at radius 3 is 0.952 bits per heavy atom. The van der Waals surface area contributed by atoms with Crippen LogP contribution in [0.4, 0.5) is 139 Å². The molecule has 4 aliphatic rings. The fourth-order valence-electron chi connectivity index (χ4n) is 13.4. The number of nitrogens with two attached hydrogens (primary N) is 4. The van der Waals surface area contributed by atoms with E-state index in [-0.39, 0.29) is 6.10 Å². The van der Waals surface area contributed by atoms with Gasteiger partial charge in [-0.15, -0.1) is 11.3 Å². The number of nitrogens with zero attached hydrogens (tertiary/aromatic N) is 11. The quantitative estimate of drug-likeness (QED) is 0.0148. The molecule has 4 fully saturated rings. The molecule has 1 aliphatic carbocycles. The molecule has 724 valence electrons. The monoisotopic (exact) mass is 2000 g/mol. The third-order valence-electron chi connectivity index (χ3n) is 18.8. The molecular weight excluding hydrogens is 1880 g/mol. The van der Waals surface area contributed by atoms with E-state index in [1.165, 1.54) is 140 Å². The molecule has 1 saturated carbocycles. The first kappa shape index (κ1) is 110. The van der Waals surface area contributed by atoms with Crippen LogP contribution < -0.4 is 55.8 Å². The van der Waals surface area contributed by atoms with Crippen molar-refractivity contribution >= 4 is 156 Å². The average Bonchev–Trinajstić information content (AvgIpc) is 1.16. The van der Waals surface area contributed by atoms with Crippen LogP contribution in [0.3, 0.4) is 0 Å². The van der Waals surface area contributed by atoms with Gasteiger partial charge >= 0.3 is 132 Å². The number of hydrogen-bond donors (Lipinski definition) is 4. The van der Waals surface area contributed by atoms with E-state index in [0.717, 1.165) is 156 Å². The molecule has 126 heavy (non-hydrogen) atoms. The van der Waals surface area contributed by atoms with Crippen molar-refractivity contribution in [1.29, 1.82) is 0 Å². The van der Waals surface area contributed by atoms with Crippen molar-refractivity contribution in [1.82, 2.24) is 19.9 Å². The Labute approximate surface area is 730 Å². The van der Waals surface area contributed by atoms with Crippen LogP contribution in [-0.2, 0) is 0 Å². The molecule has 51 heteroatoms. The normalized spacial score (nSPS) is 17.3. The Balaban J connectivity index is 0.000000270. The van der Waals surface area contributed by atoms with Crippen molar-refractivity contribution in [3.8, 4) is 23.0 Å². The van der Waals surface area contributed by atoms with Crippen molar-refractivity contribution in [2.24, 2.45) is 31.8 Å². The van der Waals surface area contributed by atoms with Gasteiger partial charge in [-0.2, -0.15) is 22.1 Å². The van der Waals surface area contributed by atoms with E-state index < -0.39 is 31.2 Å². The molecular formula is C75H113F24N15O4P4S4. The van der Waals surface area contributed by atoms with Gasteiger partial charge < -0.3 is 33.6 Å². The average molecular weight is 2000 g/mol. The number of halogens is 24. The molecule has 0 radical (unpaired) electrons. The summed E-state index contributed by atoms with van der Waals surface area (Å²) in [6, 6.07) is 16.0. The Bertz CT molecular complexity index is 4680. The van der Waals surface area contributed by atoms with E-state index in [2.05, 4.69) is 90.5 Å². The SMILES string of the molecule is CC(CCOc1cc2nc(N3CCCCCC3)sc2cc1N=[NH2+])CC(C)(C)C.CCC(CC)Oc1cc2nc(N3CCCCC3)sc2cc1N=[NH2+].CCCCCCOc1cc2nc(C3CCCC3)sc2cc1N=[NH2+].CCCCCCOc1cc2nc(N3CCCCC3)sc2cc1N=[NH2+].F[P-](F)(F)(F)(F)F.F[P-](F)(F)(F)(F)F.F[P-](F)(F)(F)(F)F.F[P-](F)(F)(F)(F)F.